The molecule has 3 aromatic carbocycles. The van der Waals surface area contributed by atoms with Crippen molar-refractivity contribution in [3.8, 4) is 0 Å². The van der Waals surface area contributed by atoms with E-state index in [-0.39, 0.29) is 56.0 Å². The summed E-state index contributed by atoms with van der Waals surface area (Å²) in [6.45, 7) is 2.81. The number of hydrogen-bond acceptors (Lipinski definition) is 9. The number of nitrogens with zero attached hydrogens (tertiary/aromatic N) is 3. The first-order valence-corrected chi connectivity index (χ1v) is 15.5. The summed E-state index contributed by atoms with van der Waals surface area (Å²) in [7, 11) is 0. The molecule has 3 aromatic rings. The summed E-state index contributed by atoms with van der Waals surface area (Å²) in [6.07, 6.45) is -2.72. The van der Waals surface area contributed by atoms with Gasteiger partial charge in [0.05, 0.1) is 30.5 Å². The normalized spacial score (nSPS) is 20.7. The predicted molar refractivity (Wildman–Crippen MR) is 173 cm³/mol. The predicted octanol–water partition coefficient (Wildman–Crippen LogP) is 3.93. The number of amides is 4. The van der Waals surface area contributed by atoms with Gasteiger partial charge in [-0.2, -0.15) is 0 Å². The van der Waals surface area contributed by atoms with E-state index in [0.29, 0.717) is 24.5 Å². The van der Waals surface area contributed by atoms with Gasteiger partial charge >= 0.3 is 18.3 Å². The van der Waals surface area contributed by atoms with Crippen LogP contribution in [0.5, 0.6) is 0 Å². The summed E-state index contributed by atoms with van der Waals surface area (Å²) < 4.78 is 31.2. The molecule has 1 aliphatic carbocycles. The number of aliphatic imine (C=N–C) groups is 1. The minimum Gasteiger partial charge on any atom is -0.444 e. The number of cyclic esters (lactones) is 1. The maximum atomic E-state index is 15.3. The van der Waals surface area contributed by atoms with Gasteiger partial charge in [-0.05, 0) is 29.3 Å². The maximum Gasteiger partial charge on any atom is 0.414 e. The van der Waals surface area contributed by atoms with Gasteiger partial charge in [0.2, 0.25) is 11.9 Å². The second kappa shape index (κ2) is 14.4. The molecule has 2 heterocycles. The molecule has 6 rings (SSSR count). The van der Waals surface area contributed by atoms with Crippen LogP contribution in [0.25, 0.3) is 0 Å². The lowest BCUT2D eigenvalue weighted by Crippen LogP contribution is -2.44. The number of hydrogen-bond donors (Lipinski definition) is 3. The number of anilines is 2. The Labute approximate surface area is 276 Å². The van der Waals surface area contributed by atoms with Crippen molar-refractivity contribution in [2.45, 2.75) is 32.3 Å². The fourth-order valence-corrected chi connectivity index (χ4v) is 5.86. The van der Waals surface area contributed by atoms with E-state index >= 15 is 4.39 Å². The Morgan fingerprint density at radius 3 is 2.00 bits per heavy atom. The Kier molecular flexibility index (Phi) is 9.69. The van der Waals surface area contributed by atoms with Gasteiger partial charge in [-0.15, -0.1) is 0 Å². The smallest absolute Gasteiger partial charge is 0.414 e. The quantitative estimate of drug-likeness (QED) is 0.178. The van der Waals surface area contributed by atoms with E-state index in [4.69, 9.17) is 14.2 Å². The molecule has 0 bridgehead atoms. The minimum absolute atomic E-state index is 0.0308. The van der Waals surface area contributed by atoms with Gasteiger partial charge < -0.3 is 24.4 Å². The van der Waals surface area contributed by atoms with Crippen molar-refractivity contribution in [2.24, 2.45) is 16.8 Å². The Morgan fingerprint density at radius 2 is 1.46 bits per heavy atom. The van der Waals surface area contributed by atoms with Crippen LogP contribution in [0.2, 0.25) is 0 Å². The summed E-state index contributed by atoms with van der Waals surface area (Å²) in [6, 6.07) is 22.7. The molecule has 3 fully saturated rings. The number of carbonyl (C=O) groups excluding carboxylic acids is 4. The number of fused-ring (bicyclic) bond motifs is 1. The molecule has 48 heavy (non-hydrogen) atoms. The van der Waals surface area contributed by atoms with Crippen molar-refractivity contribution in [1.29, 1.82) is 0 Å². The Morgan fingerprint density at radius 1 is 0.875 bits per heavy atom. The van der Waals surface area contributed by atoms with Gasteiger partial charge in [0.25, 0.3) is 0 Å². The average Bonchev–Trinajstić information content (AvgIpc) is 3.36. The largest absolute Gasteiger partial charge is 0.444 e. The molecule has 0 unspecified atom stereocenters. The molecule has 1 saturated carbocycles. The van der Waals surface area contributed by atoms with Gasteiger partial charge in [-0.3, -0.25) is 20.3 Å². The van der Waals surface area contributed by atoms with Crippen molar-refractivity contribution in [3.63, 3.8) is 0 Å². The topological polar surface area (TPSA) is 151 Å². The van der Waals surface area contributed by atoms with E-state index in [9.17, 15) is 19.2 Å². The highest BCUT2D eigenvalue weighted by molar-refractivity contribution is 6.01. The Balaban J connectivity index is 1.06. The molecular weight excluding hydrogens is 623 g/mol. The molecule has 0 spiro atoms. The molecule has 3 N–H and O–H groups in total. The molecule has 0 aromatic heterocycles. The summed E-state index contributed by atoms with van der Waals surface area (Å²) in [4.78, 5) is 56.7. The van der Waals surface area contributed by atoms with Crippen molar-refractivity contribution < 1.29 is 37.8 Å². The number of alkyl carbamates (subject to hydrolysis) is 2. The maximum absolute atomic E-state index is 15.3. The van der Waals surface area contributed by atoms with Crippen LogP contribution in [-0.4, -0.2) is 68.5 Å². The molecule has 14 heteroatoms. The Bertz CT molecular complexity index is 1620. The zero-order valence-corrected chi connectivity index (χ0v) is 26.1. The highest BCUT2D eigenvalue weighted by Gasteiger charge is 2.56. The van der Waals surface area contributed by atoms with E-state index < -0.39 is 30.2 Å². The third kappa shape index (κ3) is 8.00. The average molecular weight is 659 g/mol. The van der Waals surface area contributed by atoms with Crippen molar-refractivity contribution in [2.75, 3.05) is 36.0 Å². The van der Waals surface area contributed by atoms with Gasteiger partial charge in [0.15, 0.2) is 0 Å². The van der Waals surface area contributed by atoms with Gasteiger partial charge in [-0.1, -0.05) is 60.7 Å². The number of piperidine rings is 1. The monoisotopic (exact) mass is 658 g/mol. The first-order chi connectivity index (χ1) is 23.2. The number of ether oxygens (including phenoxy) is 3. The zero-order chi connectivity index (χ0) is 33.6. The molecule has 250 valence electrons. The van der Waals surface area contributed by atoms with Crippen LogP contribution in [0, 0.1) is 17.7 Å². The van der Waals surface area contributed by atoms with Crippen LogP contribution < -0.4 is 25.8 Å². The number of guanidine groups is 1. The second-order valence-corrected chi connectivity index (χ2v) is 11.8. The molecule has 3 aliphatic rings. The second-order valence-electron chi connectivity index (χ2n) is 11.8. The highest BCUT2D eigenvalue weighted by atomic mass is 19.1. The fourth-order valence-electron chi connectivity index (χ4n) is 5.86. The lowest BCUT2D eigenvalue weighted by Gasteiger charge is -2.23. The highest BCUT2D eigenvalue weighted by Crippen LogP contribution is 2.49. The number of benzene rings is 3. The fraction of sp³-hybridized carbons (Fsp3) is 0.324. The lowest BCUT2D eigenvalue weighted by molar-refractivity contribution is -0.119. The minimum atomic E-state index is -0.793. The SMILES string of the molecule is CC(=O)NC[C@H]1CN(c2ccc(N3C[C@H]4C(N=C(NC(=O)OCc5ccccc5)NC(=O)OCc5ccccc5)[C@@H]4C3)c(F)c2)C(=O)O1. The third-order valence-corrected chi connectivity index (χ3v) is 8.33. The molecule has 4 amide bonds. The summed E-state index contributed by atoms with van der Waals surface area (Å²) in [5.74, 6) is -0.693. The van der Waals surface area contributed by atoms with Gasteiger partial charge in [0.1, 0.15) is 25.1 Å². The molecule has 0 radical (unpaired) electrons. The van der Waals surface area contributed by atoms with E-state index in [2.05, 4.69) is 20.9 Å². The zero-order valence-electron chi connectivity index (χ0n) is 26.1. The van der Waals surface area contributed by atoms with Gasteiger partial charge in [-0.25, -0.2) is 23.8 Å². The third-order valence-electron chi connectivity index (χ3n) is 8.33. The number of carbonyl (C=O) groups is 4. The molecular formula is C34H35FN6O7. The summed E-state index contributed by atoms with van der Waals surface area (Å²) in [5.41, 5.74) is 2.34. The Hall–Kier alpha value is -5.66. The first kappa shape index (κ1) is 32.3. The van der Waals surface area contributed by atoms with E-state index in [1.807, 2.05) is 65.6 Å². The molecule has 2 saturated heterocycles. The van der Waals surface area contributed by atoms with Crippen LogP contribution >= 0.6 is 0 Å². The lowest BCUT2D eigenvalue weighted by atomic mass is 10.2. The van der Waals surface area contributed by atoms with Crippen LogP contribution in [0.1, 0.15) is 18.1 Å². The van der Waals surface area contributed by atoms with E-state index in [1.54, 1.807) is 12.1 Å². The van der Waals surface area contributed by atoms with Gasteiger partial charge in [0, 0.05) is 31.8 Å². The van der Waals surface area contributed by atoms with Crippen molar-refractivity contribution >= 4 is 41.5 Å². The van der Waals surface area contributed by atoms with Crippen LogP contribution in [-0.2, 0) is 32.2 Å². The molecule has 2 aliphatic heterocycles. The summed E-state index contributed by atoms with van der Waals surface area (Å²) >= 11 is 0. The molecule has 13 nitrogen and oxygen atoms in total. The van der Waals surface area contributed by atoms with Crippen molar-refractivity contribution in [1.82, 2.24) is 16.0 Å². The van der Waals surface area contributed by atoms with Crippen LogP contribution in [0.15, 0.2) is 83.9 Å². The first-order valence-electron chi connectivity index (χ1n) is 15.5. The van der Waals surface area contributed by atoms with E-state index in [1.165, 1.54) is 17.9 Å². The van der Waals surface area contributed by atoms with Crippen molar-refractivity contribution in [3.05, 3.63) is 95.8 Å². The van der Waals surface area contributed by atoms with Crippen LogP contribution in [0.4, 0.5) is 30.1 Å². The number of nitrogens with one attached hydrogen (secondary N) is 3. The van der Waals surface area contributed by atoms with Crippen LogP contribution in [0.3, 0.4) is 0 Å². The standard InChI is InChI=1S/C34H35FN6O7/c1-21(42)36-15-25-16-41(34(45)48-25)24-12-13-29(28(35)14-24)40-17-26-27(18-40)30(26)37-31(38-32(43)46-19-22-8-4-2-5-9-22)39-33(44)47-20-23-10-6-3-7-11-23/h2-14,25-27,30H,15-20H2,1H3,(H,36,42)(H2,37,38,39,43,44)/t25-,26+,27+/m0/s1. The molecule has 3 atom stereocenters. The number of rotatable bonds is 9. The van der Waals surface area contributed by atoms with E-state index in [0.717, 1.165) is 11.1 Å². The summed E-state index contributed by atoms with van der Waals surface area (Å²) in [5, 5.41) is 7.66. The number of halogens is 1.